The average Bonchev–Trinajstić information content (AvgIpc) is 0.708. The molecule has 614 valence electrons. The maximum absolute atomic E-state index is 13.3. The number of aromatic nitrogens is 1. The van der Waals surface area contributed by atoms with Crippen LogP contribution in [0.4, 0.5) is 5.69 Å². The minimum Gasteiger partial charge on any atom is -0.508 e. The van der Waals surface area contributed by atoms with Gasteiger partial charge in [-0.1, -0.05) is 282 Å². The Labute approximate surface area is 721 Å². The molecule has 2 amide bonds. The molecule has 19 aromatic carbocycles. The number of fused-ring (bicyclic) bond motifs is 6. The molecule has 10 nitrogen and oxygen atoms in total. The third-order valence-electron chi connectivity index (χ3n) is 25.2. The van der Waals surface area contributed by atoms with Gasteiger partial charge in [-0.05, 0) is 253 Å². The van der Waals surface area contributed by atoms with Crippen LogP contribution in [0.3, 0.4) is 0 Å². The summed E-state index contributed by atoms with van der Waals surface area (Å²) in [5.41, 5.74) is 7.91. The Hall–Kier alpha value is -14.0. The normalized spacial score (nSPS) is 13.1. The molecule has 0 atom stereocenters. The van der Waals surface area contributed by atoms with E-state index < -0.39 is 11.5 Å². The van der Waals surface area contributed by atoms with Crippen molar-refractivity contribution in [2.45, 2.75) is 131 Å². The zero-order chi connectivity index (χ0) is 87.6. The number of hydrogen-bond acceptors (Lipinski definition) is 7. The van der Waals surface area contributed by atoms with Crippen LogP contribution in [0.5, 0.6) is 17.2 Å². The van der Waals surface area contributed by atoms with Crippen LogP contribution < -0.4 is 31.0 Å². The van der Waals surface area contributed by atoms with Crippen LogP contribution in [0.2, 0.25) is 0 Å². The average molecular weight is 1630 g/mol. The number of phenolic OH excluding ortho intramolecular Hbond substituents is 1. The summed E-state index contributed by atoms with van der Waals surface area (Å²) in [6.45, 7) is 40.0. The van der Waals surface area contributed by atoms with Gasteiger partial charge >= 0.3 is 5.97 Å². The lowest BCUT2D eigenvalue weighted by atomic mass is 9.80. The molecule has 2 aliphatic rings. The molecule has 1 aromatic heterocycles. The van der Waals surface area contributed by atoms with Gasteiger partial charge < -0.3 is 24.4 Å². The number of aromatic hydroxyl groups is 1. The first-order valence-corrected chi connectivity index (χ1v) is 42.6. The number of benzene rings is 19. The largest absolute Gasteiger partial charge is 0.508 e. The fraction of sp³-hybridized carbons (Fsp3) is 0.193. The van der Waals surface area contributed by atoms with Crippen molar-refractivity contribution < 1.29 is 29.3 Å². The van der Waals surface area contributed by atoms with Gasteiger partial charge in [-0.25, -0.2) is 4.79 Å². The number of phenols is 1. The molecule has 22 rings (SSSR count). The summed E-state index contributed by atoms with van der Waals surface area (Å²) in [5.74, 6) is -0.264. The van der Waals surface area contributed by atoms with E-state index in [-0.39, 0.29) is 50.5 Å². The summed E-state index contributed by atoms with van der Waals surface area (Å²) in [6, 6.07) is 91.6. The Kier molecular flexibility index (Phi) is 19.2. The van der Waals surface area contributed by atoms with Crippen molar-refractivity contribution in [2.75, 3.05) is 19.0 Å². The van der Waals surface area contributed by atoms with Gasteiger partial charge in [0.15, 0.2) is 0 Å². The van der Waals surface area contributed by atoms with Crippen LogP contribution in [-0.4, -0.2) is 57.1 Å². The predicted molar refractivity (Wildman–Crippen MR) is 522 cm³/mol. The number of hydrogen-bond donors (Lipinski definition) is 2. The summed E-state index contributed by atoms with van der Waals surface area (Å²) in [6.07, 6.45) is 0. The zero-order valence-corrected chi connectivity index (χ0v) is 73.6. The fourth-order valence-corrected chi connectivity index (χ4v) is 19.6. The van der Waals surface area contributed by atoms with E-state index in [0.717, 1.165) is 92.0 Å². The molecule has 20 aromatic rings. The van der Waals surface area contributed by atoms with Crippen molar-refractivity contribution in [1.29, 1.82) is 0 Å². The van der Waals surface area contributed by atoms with E-state index in [0.29, 0.717) is 28.2 Å². The number of nitrogens with zero attached hydrogens (tertiary/aromatic N) is 3. The molecule has 124 heavy (non-hydrogen) atoms. The number of anilines is 1. The first-order chi connectivity index (χ1) is 58.9. The highest BCUT2D eigenvalue weighted by Crippen LogP contribution is 2.48. The third-order valence-corrected chi connectivity index (χ3v) is 25.2. The van der Waals surface area contributed by atoms with Crippen LogP contribution in [0.25, 0.3) is 159 Å². The van der Waals surface area contributed by atoms with Gasteiger partial charge in [0.1, 0.15) is 17.2 Å². The lowest BCUT2D eigenvalue weighted by Gasteiger charge is -2.37. The third kappa shape index (κ3) is 13.4. The van der Waals surface area contributed by atoms with E-state index in [1.807, 2.05) is 122 Å². The van der Waals surface area contributed by atoms with Crippen molar-refractivity contribution >= 4 is 182 Å². The topological polar surface area (TPSA) is 129 Å². The SMILES string of the molecule is C=c1c2ccc(N(C)C)c3cccc(c(=O)n1C(C)(C)C)c32.C=c1ccc2c(c1)Oc1cc(O)ccc1C=2c1cc(C(C)(C)C)ccc1C(=O)O.CC(C)(C)N1C(=O)c2ccc3c4cccc5cccc(c6ccc(c2c36)C1=O)c54.CC(C)(C)c1ccc2c3cccc4cccc(c5cccc1c52)c43.CC(C)(C)c1ccc2ccc3cccc4ccc1c2c34. The van der Waals surface area contributed by atoms with Gasteiger partial charge in [-0.2, -0.15) is 0 Å². The number of carboxylic acids is 1. The Morgan fingerprint density at radius 3 is 1.31 bits per heavy atom. The number of carbonyl (C=O) groups excluding carboxylic acids is 2. The summed E-state index contributed by atoms with van der Waals surface area (Å²) in [5, 5.41) is 54.1. The second-order valence-corrected chi connectivity index (χ2v) is 38.8. The standard InChI is InChI=1S/C26H19NO2.C25H22O4.C24H20.C20H18.C19H22N2O/c1-26(2,3)27-24(28)19-12-10-17-15-8-4-6-14-7-5-9-16(21(14)15)18-11-13-20(25(27)29)23(19)22(17)18;1-14-5-8-18-21(11-14)29-22-13-16(26)7-10-19(22)23(18)20-12-15(25(2,3)4)6-9-17(20)24(27)28;1-24(2,3)21-14-13-19-17-10-5-8-15-7-4-9-16(22(15)17)18-11-6-12-20(21)23(18)19;1-20(2,3)17-12-10-15-8-7-13-5-4-6-14-9-11-16(17)19(15)18(13)14;1-12-13-10-11-16(20(5)6)14-8-7-9-15(17(13)14)18(22)21(12)19(2,3)4/h4-13H,1-3H3;5-13,26H,1H2,2-4H3,(H,27,28);4-14H,1-3H3;4-12H,1-3H3;7-11H,1H2,2-6H3. The zero-order valence-electron chi connectivity index (χ0n) is 73.6. The minimum absolute atomic E-state index is 0.0338. The van der Waals surface area contributed by atoms with Crippen LogP contribution in [0.15, 0.2) is 272 Å². The van der Waals surface area contributed by atoms with Crippen LogP contribution in [0.1, 0.15) is 163 Å². The minimum atomic E-state index is -0.991. The van der Waals surface area contributed by atoms with Crippen molar-refractivity contribution in [1.82, 2.24) is 9.47 Å². The highest BCUT2D eigenvalue weighted by Gasteiger charge is 2.40. The molecule has 0 saturated carbocycles. The van der Waals surface area contributed by atoms with E-state index in [2.05, 4.69) is 256 Å². The predicted octanol–water partition coefficient (Wildman–Crippen LogP) is 26.3. The number of pyridine rings is 1. The summed E-state index contributed by atoms with van der Waals surface area (Å²) in [7, 11) is 4.04. The first-order valence-electron chi connectivity index (χ1n) is 42.6. The molecule has 2 aliphatic heterocycles. The summed E-state index contributed by atoms with van der Waals surface area (Å²) >= 11 is 0. The maximum atomic E-state index is 13.3. The quantitative estimate of drug-likeness (QED) is 0.102. The number of imide groups is 1. The van der Waals surface area contributed by atoms with Gasteiger partial charge in [0, 0.05) is 96.7 Å². The Balaban J connectivity index is 0.000000106. The lowest BCUT2D eigenvalue weighted by Crippen LogP contribution is -2.51. The molecule has 0 radical (unpaired) electrons. The monoisotopic (exact) mass is 1620 g/mol. The lowest BCUT2D eigenvalue weighted by molar-refractivity contribution is 0.0459. The second kappa shape index (κ2) is 29.4. The van der Waals surface area contributed by atoms with E-state index in [1.54, 1.807) is 28.8 Å². The van der Waals surface area contributed by atoms with Crippen molar-refractivity contribution in [3.63, 3.8) is 0 Å². The number of rotatable bonds is 3. The first kappa shape index (κ1) is 81.1. The Morgan fingerprint density at radius 2 is 0.782 bits per heavy atom. The smallest absolute Gasteiger partial charge is 0.336 e. The number of ether oxygens (including phenoxy) is 1. The van der Waals surface area contributed by atoms with Gasteiger partial charge in [-0.3, -0.25) is 19.3 Å². The highest BCUT2D eigenvalue weighted by atomic mass is 16.5. The van der Waals surface area contributed by atoms with E-state index in [1.165, 1.54) is 102 Å². The van der Waals surface area contributed by atoms with Crippen molar-refractivity contribution in [3.8, 4) is 17.2 Å². The van der Waals surface area contributed by atoms with Crippen LogP contribution in [0, 0.1) is 0 Å². The summed E-state index contributed by atoms with van der Waals surface area (Å²) in [4.78, 5) is 55.2. The molecule has 0 unspecified atom stereocenters. The molecular formula is C114H101N3O7. The molecule has 0 saturated heterocycles. The molecule has 0 spiro atoms. The van der Waals surface area contributed by atoms with Crippen molar-refractivity contribution in [2.24, 2.45) is 0 Å². The number of amides is 2. The molecule has 0 fully saturated rings. The molecule has 2 N–H and O–H groups in total. The second-order valence-electron chi connectivity index (χ2n) is 38.8. The van der Waals surface area contributed by atoms with Gasteiger partial charge in [-0.15, -0.1) is 0 Å². The summed E-state index contributed by atoms with van der Waals surface area (Å²) < 4.78 is 7.83. The maximum Gasteiger partial charge on any atom is 0.336 e. The number of aromatic carboxylic acids is 1. The molecule has 3 heterocycles. The van der Waals surface area contributed by atoms with Crippen LogP contribution >= 0.6 is 0 Å². The van der Waals surface area contributed by atoms with E-state index in [4.69, 9.17) is 4.74 Å². The number of carboxylic acid groups (broad SMARTS) is 1. The van der Waals surface area contributed by atoms with Gasteiger partial charge in [0.25, 0.3) is 17.4 Å². The number of carbonyl (C=O) groups is 3. The molecular weight excluding hydrogens is 1520 g/mol. The van der Waals surface area contributed by atoms with E-state index >= 15 is 0 Å². The highest BCUT2D eigenvalue weighted by molar-refractivity contribution is 6.39. The fourth-order valence-electron chi connectivity index (χ4n) is 19.6. The van der Waals surface area contributed by atoms with Crippen LogP contribution in [-0.2, 0) is 21.8 Å². The van der Waals surface area contributed by atoms with Gasteiger partial charge in [0.05, 0.1) is 5.56 Å². The van der Waals surface area contributed by atoms with Gasteiger partial charge in [0.2, 0.25) is 0 Å². The molecule has 0 aliphatic carbocycles. The Bertz CT molecular complexity index is 7910. The molecule has 0 bridgehead atoms. The Morgan fingerprint density at radius 1 is 0.355 bits per heavy atom. The van der Waals surface area contributed by atoms with E-state index in [9.17, 15) is 29.4 Å². The molecule has 10 heteroatoms. The van der Waals surface area contributed by atoms with Crippen molar-refractivity contribution in [3.05, 3.63) is 338 Å².